The molecule has 17 heavy (non-hydrogen) atoms. The fourth-order valence-electron chi connectivity index (χ4n) is 2.33. The van der Waals surface area contributed by atoms with Gasteiger partial charge in [-0.25, -0.2) is 13.9 Å². The van der Waals surface area contributed by atoms with Crippen molar-refractivity contribution in [2.75, 3.05) is 7.11 Å². The minimum atomic E-state index is -0.274. The molecule has 1 aromatic heterocycles. The van der Waals surface area contributed by atoms with E-state index in [1.807, 2.05) is 23.0 Å². The molecule has 1 rings (SSSR count). The Morgan fingerprint density at radius 2 is 1.76 bits per heavy atom. The van der Waals surface area contributed by atoms with Crippen LogP contribution in [0.2, 0.25) is 0 Å². The predicted molar refractivity (Wildman–Crippen MR) is 66.2 cm³/mol. The molecular formula is C13H23N2O2+. The van der Waals surface area contributed by atoms with Crippen molar-refractivity contribution in [3.05, 3.63) is 17.2 Å². The van der Waals surface area contributed by atoms with Crippen molar-refractivity contribution in [2.24, 2.45) is 0 Å². The molecule has 0 saturated carbocycles. The van der Waals surface area contributed by atoms with Gasteiger partial charge in [0.15, 0.2) is 0 Å². The lowest BCUT2D eigenvalue weighted by Crippen LogP contribution is -2.44. The fourth-order valence-corrected chi connectivity index (χ4v) is 2.33. The summed E-state index contributed by atoms with van der Waals surface area (Å²) in [6, 6.07) is 0.477. The highest BCUT2D eigenvalue weighted by Crippen LogP contribution is 2.18. The third-order valence-corrected chi connectivity index (χ3v) is 3.10. The van der Waals surface area contributed by atoms with Gasteiger partial charge in [-0.1, -0.05) is 0 Å². The van der Waals surface area contributed by atoms with E-state index < -0.39 is 0 Å². The third-order valence-electron chi connectivity index (χ3n) is 3.10. The summed E-state index contributed by atoms with van der Waals surface area (Å²) in [5.74, 6) is 0.357. The second-order valence-electron chi connectivity index (χ2n) is 4.91. The summed E-state index contributed by atoms with van der Waals surface area (Å²) in [6.07, 6.45) is 0. The summed E-state index contributed by atoms with van der Waals surface area (Å²) in [4.78, 5) is 12.0. The molecule has 96 valence electrons. The Balaban J connectivity index is 3.60. The van der Waals surface area contributed by atoms with Gasteiger partial charge in [-0.15, -0.1) is 0 Å². The van der Waals surface area contributed by atoms with Gasteiger partial charge >= 0.3 is 11.8 Å². The maximum Gasteiger partial charge on any atom is 0.421 e. The molecule has 0 fully saturated rings. The summed E-state index contributed by atoms with van der Waals surface area (Å²) < 4.78 is 8.99. The molecule has 1 heterocycles. The normalized spacial score (nSPS) is 11.4. The van der Waals surface area contributed by atoms with Gasteiger partial charge in [0.25, 0.3) is 0 Å². The maximum absolute atomic E-state index is 12.0. The van der Waals surface area contributed by atoms with Crippen LogP contribution in [-0.2, 0) is 4.74 Å². The van der Waals surface area contributed by atoms with Gasteiger partial charge in [0.1, 0.15) is 11.4 Å². The Labute approximate surface area is 103 Å². The number of rotatable bonds is 3. The molecule has 0 saturated heterocycles. The number of hydrogen-bond acceptors (Lipinski definition) is 2. The van der Waals surface area contributed by atoms with Crippen LogP contribution in [0.25, 0.3) is 0 Å². The number of carbonyl (C=O) groups excluding carboxylic acids is 1. The number of nitrogens with zero attached hydrogens (tertiary/aromatic N) is 2. The summed E-state index contributed by atoms with van der Waals surface area (Å²) in [6.45, 7) is 12.4. The van der Waals surface area contributed by atoms with E-state index in [2.05, 4.69) is 27.7 Å². The average molecular weight is 239 g/mol. The predicted octanol–water partition coefficient (Wildman–Crippen LogP) is 2.34. The number of aromatic nitrogens is 2. The molecule has 0 amide bonds. The van der Waals surface area contributed by atoms with Gasteiger partial charge in [-0.05, 0) is 27.7 Å². The number of imidazole rings is 1. The third kappa shape index (κ3) is 2.21. The lowest BCUT2D eigenvalue weighted by atomic mass is 10.3. The smallest absolute Gasteiger partial charge is 0.421 e. The summed E-state index contributed by atoms with van der Waals surface area (Å²) >= 11 is 0. The van der Waals surface area contributed by atoms with Crippen LogP contribution in [0, 0.1) is 13.8 Å². The minimum absolute atomic E-state index is 0.239. The van der Waals surface area contributed by atoms with Gasteiger partial charge in [0.05, 0.1) is 19.2 Å². The van der Waals surface area contributed by atoms with E-state index in [9.17, 15) is 4.79 Å². The molecule has 4 heteroatoms. The molecule has 0 aliphatic rings. The van der Waals surface area contributed by atoms with Crippen molar-refractivity contribution >= 4 is 5.97 Å². The van der Waals surface area contributed by atoms with Gasteiger partial charge in [0, 0.05) is 13.8 Å². The first-order chi connectivity index (χ1) is 7.82. The summed E-state index contributed by atoms with van der Waals surface area (Å²) in [5.41, 5.74) is 2.24. The Morgan fingerprint density at radius 3 is 2.12 bits per heavy atom. The monoisotopic (exact) mass is 239 g/mol. The second kappa shape index (κ2) is 4.90. The van der Waals surface area contributed by atoms with Crippen LogP contribution in [0.1, 0.15) is 61.8 Å². The molecule has 0 atom stereocenters. The average Bonchev–Trinajstić information content (AvgIpc) is 2.50. The fraction of sp³-hybridized carbons (Fsp3) is 0.692. The highest BCUT2D eigenvalue weighted by Gasteiger charge is 2.34. The Kier molecular flexibility index (Phi) is 3.96. The van der Waals surface area contributed by atoms with Crippen molar-refractivity contribution < 1.29 is 14.1 Å². The van der Waals surface area contributed by atoms with Crippen molar-refractivity contribution in [1.29, 1.82) is 0 Å². The lowest BCUT2D eigenvalue weighted by molar-refractivity contribution is -0.723. The molecule has 4 nitrogen and oxygen atoms in total. The zero-order valence-electron chi connectivity index (χ0n) is 11.9. The van der Waals surface area contributed by atoms with Crippen molar-refractivity contribution in [2.45, 2.75) is 53.6 Å². The molecule has 0 N–H and O–H groups in total. The van der Waals surface area contributed by atoms with E-state index in [1.54, 1.807) is 0 Å². The molecule has 0 bridgehead atoms. The number of ether oxygens (including phenoxy) is 1. The van der Waals surface area contributed by atoms with Crippen molar-refractivity contribution in [3.8, 4) is 0 Å². The van der Waals surface area contributed by atoms with Crippen LogP contribution < -0.4 is 4.57 Å². The van der Waals surface area contributed by atoms with Crippen LogP contribution >= 0.6 is 0 Å². The van der Waals surface area contributed by atoms with Crippen LogP contribution in [0.4, 0.5) is 0 Å². The number of hydrogen-bond donors (Lipinski definition) is 0. The van der Waals surface area contributed by atoms with Crippen LogP contribution in [0.5, 0.6) is 0 Å². The molecular weight excluding hydrogens is 216 g/mol. The summed E-state index contributed by atoms with van der Waals surface area (Å²) in [7, 11) is 1.43. The quantitative estimate of drug-likeness (QED) is 0.599. The van der Waals surface area contributed by atoms with Gasteiger partial charge < -0.3 is 4.74 Å². The van der Waals surface area contributed by atoms with Gasteiger partial charge in [-0.3, -0.25) is 0 Å². The van der Waals surface area contributed by atoms with Gasteiger partial charge in [0.2, 0.25) is 0 Å². The Morgan fingerprint density at radius 1 is 1.24 bits per heavy atom. The van der Waals surface area contributed by atoms with Crippen molar-refractivity contribution in [3.63, 3.8) is 0 Å². The molecule has 0 unspecified atom stereocenters. The molecule has 0 radical (unpaired) electrons. The first-order valence-electron chi connectivity index (χ1n) is 6.04. The summed E-state index contributed by atoms with van der Waals surface area (Å²) in [5, 5.41) is 0. The zero-order valence-corrected chi connectivity index (χ0v) is 11.9. The van der Waals surface area contributed by atoms with E-state index in [-0.39, 0.29) is 18.1 Å². The first-order valence-corrected chi connectivity index (χ1v) is 6.04. The molecule has 0 aliphatic heterocycles. The van der Waals surface area contributed by atoms with Crippen LogP contribution in [0.15, 0.2) is 0 Å². The van der Waals surface area contributed by atoms with Crippen LogP contribution in [-0.4, -0.2) is 17.6 Å². The maximum atomic E-state index is 12.0. The number of carbonyl (C=O) groups is 1. The molecule has 0 aromatic carbocycles. The SMILES string of the molecule is COC(=O)c1n(C(C)C)c(C)c(C)[n+]1C(C)C. The van der Waals surface area contributed by atoms with Crippen LogP contribution in [0.3, 0.4) is 0 Å². The molecule has 1 aromatic rings. The minimum Gasteiger partial charge on any atom is -0.460 e. The Bertz CT molecular complexity index is 400. The number of methoxy groups -OCH3 is 1. The lowest BCUT2D eigenvalue weighted by Gasteiger charge is -2.08. The molecule has 0 aliphatic carbocycles. The first kappa shape index (κ1) is 13.7. The number of esters is 1. The van der Waals surface area contributed by atoms with Crippen molar-refractivity contribution in [1.82, 2.24) is 4.57 Å². The largest absolute Gasteiger partial charge is 0.460 e. The molecule has 0 spiro atoms. The van der Waals surface area contributed by atoms with E-state index in [1.165, 1.54) is 7.11 Å². The van der Waals surface area contributed by atoms with E-state index in [0.29, 0.717) is 5.82 Å². The van der Waals surface area contributed by atoms with Gasteiger partial charge in [-0.2, -0.15) is 0 Å². The Hall–Kier alpha value is -1.32. The van der Waals surface area contributed by atoms with E-state index in [0.717, 1.165) is 11.4 Å². The van der Waals surface area contributed by atoms with E-state index in [4.69, 9.17) is 4.74 Å². The highest BCUT2D eigenvalue weighted by atomic mass is 16.5. The zero-order chi connectivity index (χ0) is 13.3. The second-order valence-corrected chi connectivity index (χ2v) is 4.91. The standard InChI is InChI=1S/C13H23N2O2/c1-8(2)14-10(5)11(6)15(9(3)4)12(14)13(16)17-7/h8-9H,1-7H3/q+1. The topological polar surface area (TPSA) is 35.1 Å². The highest BCUT2D eigenvalue weighted by molar-refractivity contribution is 5.84. The van der Waals surface area contributed by atoms with E-state index >= 15 is 0 Å².